The van der Waals surface area contributed by atoms with Crippen LogP contribution < -0.4 is 0 Å². The first-order chi connectivity index (χ1) is 6.33. The highest BCUT2D eigenvalue weighted by Crippen LogP contribution is 2.25. The number of hydrogen-bond donors (Lipinski definition) is 1. The van der Waals surface area contributed by atoms with Crippen molar-refractivity contribution in [3.05, 3.63) is 0 Å². The number of hydrogen-bond acceptors (Lipinski definition) is 3. The fourth-order valence-corrected chi connectivity index (χ4v) is 2.09. The first kappa shape index (κ1) is 10.9. The molecule has 1 fully saturated rings. The fourth-order valence-electron chi connectivity index (χ4n) is 2.02. The van der Waals surface area contributed by atoms with E-state index in [9.17, 15) is 4.79 Å². The summed E-state index contributed by atoms with van der Waals surface area (Å²) in [6, 6.07) is 0. The molecule has 76 valence electrons. The molecule has 0 spiro atoms. The summed E-state index contributed by atoms with van der Waals surface area (Å²) in [5, 5.41) is 0. The zero-order valence-electron chi connectivity index (χ0n) is 8.00. The van der Waals surface area contributed by atoms with Gasteiger partial charge < -0.3 is 4.18 Å². The van der Waals surface area contributed by atoms with E-state index in [1.165, 1.54) is 44.9 Å². The topological polar surface area (TPSA) is 26.3 Å². The molecule has 0 atom stereocenters. The first-order valence-electron chi connectivity index (χ1n) is 5.17. The smallest absolute Gasteiger partial charge is 0.317 e. The molecule has 0 aromatic rings. The van der Waals surface area contributed by atoms with Gasteiger partial charge in [0.2, 0.25) is 0 Å². The van der Waals surface area contributed by atoms with Crippen molar-refractivity contribution in [2.45, 2.75) is 51.4 Å². The lowest BCUT2D eigenvalue weighted by Crippen LogP contribution is -2.10. The second-order valence-electron chi connectivity index (χ2n) is 3.88. The highest BCUT2D eigenvalue weighted by molar-refractivity contribution is 7.75. The molecule has 0 heterocycles. The molecule has 0 bridgehead atoms. The van der Waals surface area contributed by atoms with Gasteiger partial charge >= 0.3 is 5.97 Å². The van der Waals surface area contributed by atoms with Crippen LogP contribution in [0.5, 0.6) is 0 Å². The summed E-state index contributed by atoms with van der Waals surface area (Å²) in [5.41, 5.74) is 0. The van der Waals surface area contributed by atoms with E-state index in [2.05, 4.69) is 17.1 Å². The Morgan fingerprint density at radius 2 is 1.69 bits per heavy atom. The Kier molecular flexibility index (Phi) is 5.28. The summed E-state index contributed by atoms with van der Waals surface area (Å²) in [6.45, 7) is 0. The number of carbonyl (C=O) groups is 1. The second-order valence-corrected chi connectivity index (χ2v) is 4.06. The SMILES string of the molecule is O=C(CC1CCCCCCC1)OS. The number of carbonyl (C=O) groups excluding carboxylic acids is 1. The van der Waals surface area contributed by atoms with Gasteiger partial charge in [0, 0.05) is 19.3 Å². The molecule has 13 heavy (non-hydrogen) atoms. The Hall–Kier alpha value is -0.180. The normalized spacial score (nSPS) is 20.4. The maximum absolute atomic E-state index is 11.0. The zero-order chi connectivity index (χ0) is 9.52. The Morgan fingerprint density at radius 3 is 2.23 bits per heavy atom. The molecule has 0 saturated heterocycles. The van der Waals surface area contributed by atoms with Crippen LogP contribution in [-0.2, 0) is 8.98 Å². The molecule has 0 amide bonds. The second kappa shape index (κ2) is 6.30. The van der Waals surface area contributed by atoms with Crippen molar-refractivity contribution in [1.29, 1.82) is 0 Å². The van der Waals surface area contributed by atoms with Crippen LogP contribution in [0.4, 0.5) is 0 Å². The highest BCUT2D eigenvalue weighted by Gasteiger charge is 2.15. The standard InChI is InChI=1S/C10H18O2S/c11-10(12-13)8-9-6-4-2-1-3-5-7-9/h9,13H,1-8H2. The molecular formula is C10H18O2S. The Balaban J connectivity index is 2.25. The van der Waals surface area contributed by atoms with Crippen molar-refractivity contribution < 1.29 is 8.98 Å². The summed E-state index contributed by atoms with van der Waals surface area (Å²) >= 11 is 3.51. The lowest BCUT2D eigenvalue weighted by Gasteiger charge is -2.17. The van der Waals surface area contributed by atoms with Crippen molar-refractivity contribution in [2.75, 3.05) is 0 Å². The maximum Gasteiger partial charge on any atom is 0.317 e. The molecule has 0 aromatic carbocycles. The molecule has 0 unspecified atom stereocenters. The van der Waals surface area contributed by atoms with Crippen LogP contribution in [0.15, 0.2) is 0 Å². The molecule has 3 heteroatoms. The van der Waals surface area contributed by atoms with Crippen LogP contribution in [0.3, 0.4) is 0 Å². The van der Waals surface area contributed by atoms with Gasteiger partial charge in [-0.1, -0.05) is 32.1 Å². The Morgan fingerprint density at radius 1 is 1.15 bits per heavy atom. The molecule has 1 aliphatic carbocycles. The van der Waals surface area contributed by atoms with Crippen LogP contribution in [0, 0.1) is 5.92 Å². The van der Waals surface area contributed by atoms with E-state index in [0.717, 1.165) is 0 Å². The minimum absolute atomic E-state index is 0.172. The molecule has 1 aliphatic rings. The monoisotopic (exact) mass is 202 g/mol. The van der Waals surface area contributed by atoms with Crippen molar-refractivity contribution in [2.24, 2.45) is 5.92 Å². The number of rotatable bonds is 2. The molecular weight excluding hydrogens is 184 g/mol. The van der Waals surface area contributed by atoms with E-state index in [0.29, 0.717) is 12.3 Å². The van der Waals surface area contributed by atoms with Crippen LogP contribution in [0.1, 0.15) is 51.4 Å². The summed E-state index contributed by atoms with van der Waals surface area (Å²) in [4.78, 5) is 11.0. The lowest BCUT2D eigenvalue weighted by atomic mass is 9.89. The maximum atomic E-state index is 11.0. The average Bonchev–Trinajstić information content (AvgIpc) is 2.09. The van der Waals surface area contributed by atoms with Gasteiger partial charge in [0.25, 0.3) is 0 Å². The molecule has 1 rings (SSSR count). The van der Waals surface area contributed by atoms with Gasteiger partial charge in [-0.25, -0.2) is 0 Å². The van der Waals surface area contributed by atoms with Gasteiger partial charge in [0.15, 0.2) is 0 Å². The van der Waals surface area contributed by atoms with Crippen molar-refractivity contribution in [3.8, 4) is 0 Å². The van der Waals surface area contributed by atoms with Gasteiger partial charge in [0.05, 0.1) is 0 Å². The lowest BCUT2D eigenvalue weighted by molar-refractivity contribution is -0.134. The summed E-state index contributed by atoms with van der Waals surface area (Å²) < 4.78 is 4.38. The van der Waals surface area contributed by atoms with Gasteiger partial charge in [0.1, 0.15) is 0 Å². The van der Waals surface area contributed by atoms with Crippen LogP contribution in [0.2, 0.25) is 0 Å². The molecule has 0 N–H and O–H groups in total. The van der Waals surface area contributed by atoms with Crippen LogP contribution >= 0.6 is 12.9 Å². The summed E-state index contributed by atoms with van der Waals surface area (Å²) in [5.74, 6) is 0.369. The third-order valence-corrected chi connectivity index (χ3v) is 2.99. The molecule has 0 aliphatic heterocycles. The number of thiol groups is 1. The van der Waals surface area contributed by atoms with Gasteiger partial charge in [-0.15, -0.1) is 0 Å². The molecule has 0 radical (unpaired) electrons. The minimum Gasteiger partial charge on any atom is -0.395 e. The molecule has 2 nitrogen and oxygen atoms in total. The van der Waals surface area contributed by atoms with Crippen LogP contribution in [0.25, 0.3) is 0 Å². The first-order valence-corrected chi connectivity index (χ1v) is 5.53. The van der Waals surface area contributed by atoms with E-state index in [1.54, 1.807) is 0 Å². The van der Waals surface area contributed by atoms with E-state index in [4.69, 9.17) is 0 Å². The van der Waals surface area contributed by atoms with E-state index >= 15 is 0 Å². The predicted molar refractivity (Wildman–Crippen MR) is 55.5 cm³/mol. The largest absolute Gasteiger partial charge is 0.395 e. The van der Waals surface area contributed by atoms with Crippen molar-refractivity contribution >= 4 is 18.9 Å². The quantitative estimate of drug-likeness (QED) is 0.550. The third kappa shape index (κ3) is 4.55. The molecule has 0 aromatic heterocycles. The average molecular weight is 202 g/mol. The van der Waals surface area contributed by atoms with Gasteiger partial charge in [-0.2, -0.15) is 0 Å². The Bertz CT molecular complexity index is 151. The van der Waals surface area contributed by atoms with E-state index < -0.39 is 0 Å². The van der Waals surface area contributed by atoms with Gasteiger partial charge in [-0.3, -0.25) is 4.79 Å². The van der Waals surface area contributed by atoms with Crippen LogP contribution in [-0.4, -0.2) is 5.97 Å². The summed E-state index contributed by atoms with van der Waals surface area (Å²) in [6.07, 6.45) is 9.48. The molecule has 1 saturated carbocycles. The Labute approximate surface area is 85.7 Å². The minimum atomic E-state index is -0.172. The van der Waals surface area contributed by atoms with Gasteiger partial charge in [-0.05, 0) is 18.8 Å². The summed E-state index contributed by atoms with van der Waals surface area (Å²) in [7, 11) is 0. The zero-order valence-corrected chi connectivity index (χ0v) is 8.89. The van der Waals surface area contributed by atoms with Crippen molar-refractivity contribution in [3.63, 3.8) is 0 Å². The van der Waals surface area contributed by atoms with E-state index in [-0.39, 0.29) is 5.97 Å². The third-order valence-electron chi connectivity index (χ3n) is 2.78. The van der Waals surface area contributed by atoms with E-state index in [1.807, 2.05) is 0 Å². The predicted octanol–water partition coefficient (Wildman–Crippen LogP) is 3.13. The van der Waals surface area contributed by atoms with Crippen molar-refractivity contribution in [1.82, 2.24) is 0 Å². The fraction of sp³-hybridized carbons (Fsp3) is 0.900. The highest BCUT2D eigenvalue weighted by atomic mass is 32.1.